The average molecular weight is 776 g/mol. The molecule has 2 aliphatic rings. The summed E-state index contributed by atoms with van der Waals surface area (Å²) in [6.07, 6.45) is 0. The Balaban J connectivity index is 0.991. The van der Waals surface area contributed by atoms with Crippen molar-refractivity contribution in [2.24, 2.45) is 0 Å². The van der Waals surface area contributed by atoms with E-state index in [1.54, 1.807) is 0 Å². The van der Waals surface area contributed by atoms with Gasteiger partial charge >= 0.3 is 0 Å². The van der Waals surface area contributed by atoms with Crippen molar-refractivity contribution in [2.75, 3.05) is 4.90 Å². The first-order valence-corrected chi connectivity index (χ1v) is 21.1. The number of benzene rings is 11. The molecule has 11 aromatic rings. The molecular formula is C59H37NO. The molecule has 0 N–H and O–H groups in total. The summed E-state index contributed by atoms with van der Waals surface area (Å²) in [5.41, 5.74) is 12.6. The lowest BCUT2D eigenvalue weighted by Gasteiger charge is -2.40. The smallest absolute Gasteiger partial charge is 0.140 e. The predicted octanol–water partition coefficient (Wildman–Crippen LogP) is 15.9. The van der Waals surface area contributed by atoms with E-state index >= 15 is 0 Å². The standard InChI is InChI=1S/C59H37NO/c1-2-17-43(18-3-1)60(56-37-42-16-6-7-19-45(42)48-22-10-11-24-50(48)56)44-31-26-38(27-32-44)41-30-33-53-51(36-41)49-23-12-13-25-52(49)59(53)54-34-28-39-14-4-8-20-46(39)57(54)61-58-47-21-9-5-15-40(47)29-35-55(58)59/h1-37H. The van der Waals surface area contributed by atoms with Crippen LogP contribution in [-0.4, -0.2) is 0 Å². The van der Waals surface area contributed by atoms with Crippen molar-refractivity contribution in [1.29, 1.82) is 0 Å². The third kappa shape index (κ3) is 4.85. The molecule has 13 rings (SSSR count). The van der Waals surface area contributed by atoms with Crippen LogP contribution in [0.15, 0.2) is 224 Å². The first-order chi connectivity index (χ1) is 30.3. The Morgan fingerprint density at radius 1 is 0.311 bits per heavy atom. The molecule has 0 fully saturated rings. The summed E-state index contributed by atoms with van der Waals surface area (Å²) in [7, 11) is 0. The largest absolute Gasteiger partial charge is 0.455 e. The number of hydrogen-bond donors (Lipinski definition) is 0. The summed E-state index contributed by atoms with van der Waals surface area (Å²) < 4.78 is 7.15. The summed E-state index contributed by atoms with van der Waals surface area (Å²) in [4.78, 5) is 2.40. The van der Waals surface area contributed by atoms with Gasteiger partial charge in [0, 0.05) is 38.7 Å². The molecule has 0 radical (unpaired) electrons. The van der Waals surface area contributed by atoms with Gasteiger partial charge in [0.2, 0.25) is 0 Å². The molecule has 2 nitrogen and oxygen atoms in total. The van der Waals surface area contributed by atoms with Gasteiger partial charge < -0.3 is 9.64 Å². The molecule has 284 valence electrons. The fraction of sp³-hybridized carbons (Fsp3) is 0.0169. The van der Waals surface area contributed by atoms with Crippen LogP contribution >= 0.6 is 0 Å². The van der Waals surface area contributed by atoms with Crippen LogP contribution in [0.4, 0.5) is 17.1 Å². The fourth-order valence-corrected chi connectivity index (χ4v) is 10.6. The predicted molar refractivity (Wildman–Crippen MR) is 254 cm³/mol. The van der Waals surface area contributed by atoms with Crippen LogP contribution in [0, 0.1) is 0 Å². The fourth-order valence-electron chi connectivity index (χ4n) is 10.6. The number of anilines is 3. The molecule has 0 atom stereocenters. The lowest BCUT2D eigenvalue weighted by Crippen LogP contribution is -2.32. The highest BCUT2D eigenvalue weighted by Gasteiger charge is 2.51. The van der Waals surface area contributed by atoms with E-state index in [0.717, 1.165) is 39.3 Å². The highest BCUT2D eigenvalue weighted by molar-refractivity contribution is 6.14. The summed E-state index contributed by atoms with van der Waals surface area (Å²) in [5.74, 6) is 1.87. The third-order valence-corrected chi connectivity index (χ3v) is 13.3. The molecule has 1 heterocycles. The summed E-state index contributed by atoms with van der Waals surface area (Å²) in [5, 5.41) is 9.55. The van der Waals surface area contributed by atoms with Crippen molar-refractivity contribution < 1.29 is 4.74 Å². The summed E-state index contributed by atoms with van der Waals surface area (Å²) in [6, 6.07) is 82.2. The first kappa shape index (κ1) is 34.0. The minimum atomic E-state index is -0.565. The summed E-state index contributed by atoms with van der Waals surface area (Å²) in [6.45, 7) is 0. The normalized spacial score (nSPS) is 13.2. The van der Waals surface area contributed by atoms with E-state index in [9.17, 15) is 0 Å². The number of fused-ring (bicyclic) bond motifs is 16. The molecule has 0 saturated carbocycles. The third-order valence-electron chi connectivity index (χ3n) is 13.3. The van der Waals surface area contributed by atoms with Crippen molar-refractivity contribution in [3.63, 3.8) is 0 Å². The Morgan fingerprint density at radius 2 is 0.820 bits per heavy atom. The maximum atomic E-state index is 7.15. The highest BCUT2D eigenvalue weighted by atomic mass is 16.5. The second kappa shape index (κ2) is 13.0. The number of para-hydroxylation sites is 1. The lowest BCUT2D eigenvalue weighted by molar-refractivity contribution is 0.447. The van der Waals surface area contributed by atoms with E-state index in [2.05, 4.69) is 229 Å². The molecule has 61 heavy (non-hydrogen) atoms. The van der Waals surface area contributed by atoms with Crippen LogP contribution in [-0.2, 0) is 5.41 Å². The Bertz CT molecular complexity index is 3480. The van der Waals surface area contributed by atoms with Gasteiger partial charge in [-0.1, -0.05) is 188 Å². The SMILES string of the molecule is c1ccc(N(c2ccc(-c3ccc4c(c3)-c3ccccc3C43c4ccc5ccccc5c4Oc4c3ccc3ccccc43)cc2)c2cc3ccccc3c3ccccc23)cc1. The Kier molecular flexibility index (Phi) is 7.26. The van der Waals surface area contributed by atoms with Crippen molar-refractivity contribution in [3.8, 4) is 33.8 Å². The first-order valence-electron chi connectivity index (χ1n) is 21.1. The van der Waals surface area contributed by atoms with Gasteiger partial charge in [0.25, 0.3) is 0 Å². The van der Waals surface area contributed by atoms with Crippen molar-refractivity contribution in [2.45, 2.75) is 5.41 Å². The van der Waals surface area contributed by atoms with Gasteiger partial charge in [0.1, 0.15) is 11.5 Å². The molecule has 0 amide bonds. The van der Waals surface area contributed by atoms with E-state index < -0.39 is 5.41 Å². The van der Waals surface area contributed by atoms with Crippen molar-refractivity contribution >= 4 is 60.2 Å². The van der Waals surface area contributed by atoms with Crippen LogP contribution in [0.25, 0.3) is 65.3 Å². The number of ether oxygens (including phenoxy) is 1. The molecule has 0 saturated heterocycles. The van der Waals surface area contributed by atoms with Gasteiger partial charge in [0.15, 0.2) is 0 Å². The van der Waals surface area contributed by atoms with Gasteiger partial charge in [0.05, 0.1) is 11.1 Å². The molecule has 1 aliphatic carbocycles. The second-order valence-corrected chi connectivity index (χ2v) is 16.4. The van der Waals surface area contributed by atoms with E-state index in [4.69, 9.17) is 4.74 Å². The molecule has 2 heteroatoms. The second-order valence-electron chi connectivity index (χ2n) is 16.4. The zero-order chi connectivity index (χ0) is 40.1. The quantitative estimate of drug-likeness (QED) is 0.165. The van der Waals surface area contributed by atoms with Crippen LogP contribution < -0.4 is 9.64 Å². The van der Waals surface area contributed by atoms with E-state index in [-0.39, 0.29) is 0 Å². The van der Waals surface area contributed by atoms with Gasteiger partial charge in [-0.25, -0.2) is 0 Å². The molecule has 0 aromatic heterocycles. The molecular weight excluding hydrogens is 739 g/mol. The zero-order valence-corrected chi connectivity index (χ0v) is 33.2. The average Bonchev–Trinajstić information content (AvgIpc) is 3.62. The maximum absolute atomic E-state index is 7.15. The van der Waals surface area contributed by atoms with Gasteiger partial charge in [-0.3, -0.25) is 0 Å². The van der Waals surface area contributed by atoms with Crippen LogP contribution in [0.1, 0.15) is 22.3 Å². The Labute approximate surface area is 354 Å². The number of hydrogen-bond acceptors (Lipinski definition) is 2. The van der Waals surface area contributed by atoms with Gasteiger partial charge in [-0.2, -0.15) is 0 Å². The van der Waals surface area contributed by atoms with Crippen molar-refractivity contribution in [1.82, 2.24) is 0 Å². The highest BCUT2D eigenvalue weighted by Crippen LogP contribution is 2.64. The van der Waals surface area contributed by atoms with Crippen LogP contribution in [0.2, 0.25) is 0 Å². The van der Waals surface area contributed by atoms with E-state index in [1.165, 1.54) is 76.8 Å². The van der Waals surface area contributed by atoms with Gasteiger partial charge in [-0.05, 0) is 96.7 Å². The zero-order valence-electron chi connectivity index (χ0n) is 33.2. The minimum Gasteiger partial charge on any atom is -0.455 e. The van der Waals surface area contributed by atoms with E-state index in [1.807, 2.05) is 0 Å². The van der Waals surface area contributed by atoms with E-state index in [0.29, 0.717) is 0 Å². The number of rotatable bonds is 4. The lowest BCUT2D eigenvalue weighted by atomic mass is 9.65. The molecule has 1 spiro atoms. The number of nitrogens with zero attached hydrogens (tertiary/aromatic N) is 1. The molecule has 0 bridgehead atoms. The molecule has 0 unspecified atom stereocenters. The topological polar surface area (TPSA) is 12.5 Å². The molecule has 11 aromatic carbocycles. The van der Waals surface area contributed by atoms with Crippen LogP contribution in [0.3, 0.4) is 0 Å². The monoisotopic (exact) mass is 775 g/mol. The minimum absolute atomic E-state index is 0.565. The Morgan fingerprint density at radius 3 is 1.52 bits per heavy atom. The summed E-state index contributed by atoms with van der Waals surface area (Å²) >= 11 is 0. The maximum Gasteiger partial charge on any atom is 0.140 e. The van der Waals surface area contributed by atoms with Gasteiger partial charge in [-0.15, -0.1) is 0 Å². The van der Waals surface area contributed by atoms with Crippen LogP contribution in [0.5, 0.6) is 11.5 Å². The Hall–Kier alpha value is -7.94. The molecule has 1 aliphatic heterocycles. The van der Waals surface area contributed by atoms with Crippen molar-refractivity contribution in [3.05, 3.63) is 247 Å².